The number of benzene rings is 3. The van der Waals surface area contributed by atoms with E-state index in [0.717, 1.165) is 19.3 Å². The molecule has 202 valence electrons. The third-order valence-electron chi connectivity index (χ3n) is 8.43. The number of halogens is 4. The molecule has 5 rings (SSSR count). The molecule has 2 saturated carbocycles. The van der Waals surface area contributed by atoms with Gasteiger partial charge in [0.2, 0.25) is 11.6 Å². The number of fused-ring (bicyclic) bond motifs is 1. The van der Waals surface area contributed by atoms with E-state index in [9.17, 15) is 17.6 Å². The molecule has 4 atom stereocenters. The van der Waals surface area contributed by atoms with Crippen molar-refractivity contribution in [2.24, 2.45) is 17.8 Å². The van der Waals surface area contributed by atoms with E-state index in [1.807, 2.05) is 0 Å². The molecule has 0 spiro atoms. The van der Waals surface area contributed by atoms with Crippen LogP contribution in [0.25, 0.3) is 11.1 Å². The molecule has 3 aromatic carbocycles. The van der Waals surface area contributed by atoms with Crippen LogP contribution >= 0.6 is 0 Å². The summed E-state index contributed by atoms with van der Waals surface area (Å²) in [7, 11) is 0. The maximum atomic E-state index is 14.9. The Morgan fingerprint density at radius 1 is 0.658 bits per heavy atom. The molecule has 0 radical (unpaired) electrons. The van der Waals surface area contributed by atoms with Gasteiger partial charge in [0.15, 0.2) is 23.1 Å². The van der Waals surface area contributed by atoms with Gasteiger partial charge in [-0.2, -0.15) is 8.78 Å². The number of hydrogen-bond donors (Lipinski definition) is 0. The van der Waals surface area contributed by atoms with Crippen LogP contribution in [-0.2, 0) is 0 Å². The second kappa shape index (κ2) is 11.4. The monoisotopic (exact) mass is 526 g/mol. The van der Waals surface area contributed by atoms with Crippen LogP contribution < -0.4 is 9.47 Å². The van der Waals surface area contributed by atoms with E-state index < -0.39 is 23.3 Å². The van der Waals surface area contributed by atoms with E-state index >= 15 is 0 Å². The lowest BCUT2D eigenvalue weighted by Gasteiger charge is -2.42. The van der Waals surface area contributed by atoms with Gasteiger partial charge < -0.3 is 9.47 Å². The molecule has 38 heavy (non-hydrogen) atoms. The highest BCUT2D eigenvalue weighted by molar-refractivity contribution is 5.67. The summed E-state index contributed by atoms with van der Waals surface area (Å²) < 4.78 is 69.4. The summed E-state index contributed by atoms with van der Waals surface area (Å²) in [6.45, 7) is 4.22. The molecule has 0 aliphatic heterocycles. The first kappa shape index (κ1) is 26.6. The van der Waals surface area contributed by atoms with Crippen LogP contribution in [0.4, 0.5) is 17.6 Å². The van der Waals surface area contributed by atoms with Crippen LogP contribution in [0.2, 0.25) is 0 Å². The van der Waals surface area contributed by atoms with Gasteiger partial charge in [-0.3, -0.25) is 0 Å². The Balaban J connectivity index is 1.20. The molecule has 0 aromatic heterocycles. The minimum Gasteiger partial charge on any atom is -0.491 e. The Kier molecular flexibility index (Phi) is 7.96. The fraction of sp³-hybridized carbons (Fsp3) is 0.438. The summed E-state index contributed by atoms with van der Waals surface area (Å²) in [6, 6.07) is 13.8. The molecule has 0 heterocycles. The molecule has 0 bridgehead atoms. The number of hydrogen-bond acceptors (Lipinski definition) is 2. The van der Waals surface area contributed by atoms with Gasteiger partial charge in [-0.15, -0.1) is 0 Å². The van der Waals surface area contributed by atoms with Crippen LogP contribution in [0.3, 0.4) is 0 Å². The Bertz CT molecular complexity index is 1270. The smallest absolute Gasteiger partial charge is 0.201 e. The summed E-state index contributed by atoms with van der Waals surface area (Å²) in [5.41, 5.74) is 1.99. The highest BCUT2D eigenvalue weighted by atomic mass is 19.2. The largest absolute Gasteiger partial charge is 0.491 e. The van der Waals surface area contributed by atoms with Gasteiger partial charge in [0.25, 0.3) is 0 Å². The third kappa shape index (κ3) is 5.41. The van der Waals surface area contributed by atoms with Crippen LogP contribution in [0.1, 0.15) is 62.5 Å². The van der Waals surface area contributed by atoms with E-state index in [0.29, 0.717) is 24.4 Å². The van der Waals surface area contributed by atoms with Crippen molar-refractivity contribution in [1.82, 2.24) is 0 Å². The second-order valence-corrected chi connectivity index (χ2v) is 10.8. The lowest BCUT2D eigenvalue weighted by Crippen LogP contribution is -2.32. The molecular formula is C32H34F4O2. The molecule has 0 N–H and O–H groups in total. The first-order valence-electron chi connectivity index (χ1n) is 13.6. The lowest BCUT2D eigenvalue weighted by atomic mass is 9.64. The minimum absolute atomic E-state index is 0.154. The second-order valence-electron chi connectivity index (χ2n) is 10.8. The van der Waals surface area contributed by atoms with Crippen molar-refractivity contribution < 1.29 is 27.0 Å². The van der Waals surface area contributed by atoms with E-state index in [1.165, 1.54) is 54.7 Å². The van der Waals surface area contributed by atoms with E-state index in [1.54, 1.807) is 6.92 Å². The van der Waals surface area contributed by atoms with E-state index in [2.05, 4.69) is 31.2 Å². The topological polar surface area (TPSA) is 18.5 Å². The molecule has 0 saturated heterocycles. The van der Waals surface area contributed by atoms with Crippen molar-refractivity contribution in [2.75, 3.05) is 13.2 Å². The van der Waals surface area contributed by atoms with Crippen LogP contribution in [0.15, 0.2) is 48.5 Å². The SMILES string of the molecule is CCOc1ccc(-c2ccc(OCC3CCC4CC(c5ccc(C)cc5)CCC4C3)c(F)c2F)c(F)c1F. The molecule has 2 nitrogen and oxygen atoms in total. The van der Waals surface area contributed by atoms with Crippen LogP contribution in [0.5, 0.6) is 11.5 Å². The van der Waals surface area contributed by atoms with Crippen molar-refractivity contribution in [3.8, 4) is 22.6 Å². The summed E-state index contributed by atoms with van der Waals surface area (Å²) in [4.78, 5) is 0. The number of rotatable bonds is 7. The van der Waals surface area contributed by atoms with Crippen molar-refractivity contribution in [3.63, 3.8) is 0 Å². The molecule has 2 aliphatic rings. The first-order chi connectivity index (χ1) is 18.4. The van der Waals surface area contributed by atoms with E-state index in [-0.39, 0.29) is 35.2 Å². The molecule has 0 amide bonds. The zero-order valence-corrected chi connectivity index (χ0v) is 21.9. The number of aryl methyl sites for hydroxylation is 1. The molecule has 6 heteroatoms. The number of ether oxygens (including phenoxy) is 2. The van der Waals surface area contributed by atoms with Gasteiger partial charge in [-0.25, -0.2) is 8.78 Å². The third-order valence-corrected chi connectivity index (χ3v) is 8.43. The van der Waals surface area contributed by atoms with Crippen LogP contribution in [-0.4, -0.2) is 13.2 Å². The van der Waals surface area contributed by atoms with Gasteiger partial charge in [-0.05, 0) is 106 Å². The fourth-order valence-corrected chi connectivity index (χ4v) is 6.34. The highest BCUT2D eigenvalue weighted by Crippen LogP contribution is 2.47. The summed E-state index contributed by atoms with van der Waals surface area (Å²) in [5, 5.41) is 0. The normalized spacial score (nSPS) is 23.1. The Labute approximate surface area is 222 Å². The zero-order valence-electron chi connectivity index (χ0n) is 21.9. The van der Waals surface area contributed by atoms with Gasteiger partial charge in [0.1, 0.15) is 0 Å². The quantitative estimate of drug-likeness (QED) is 0.286. The fourth-order valence-electron chi connectivity index (χ4n) is 6.34. The molecule has 2 fully saturated rings. The predicted octanol–water partition coefficient (Wildman–Crippen LogP) is 9.00. The maximum Gasteiger partial charge on any atom is 0.201 e. The van der Waals surface area contributed by atoms with Gasteiger partial charge >= 0.3 is 0 Å². The predicted molar refractivity (Wildman–Crippen MR) is 140 cm³/mol. The van der Waals surface area contributed by atoms with Crippen molar-refractivity contribution in [2.45, 2.75) is 58.3 Å². The van der Waals surface area contributed by atoms with Crippen LogP contribution in [0, 0.1) is 47.9 Å². The molecular weight excluding hydrogens is 492 g/mol. The van der Waals surface area contributed by atoms with Crippen molar-refractivity contribution in [3.05, 3.63) is 82.9 Å². The van der Waals surface area contributed by atoms with E-state index in [4.69, 9.17) is 9.47 Å². The maximum absolute atomic E-state index is 14.9. The van der Waals surface area contributed by atoms with Crippen molar-refractivity contribution in [1.29, 1.82) is 0 Å². The Morgan fingerprint density at radius 2 is 1.24 bits per heavy atom. The average Bonchev–Trinajstić information content (AvgIpc) is 2.93. The summed E-state index contributed by atoms with van der Waals surface area (Å²) in [6.07, 6.45) is 6.74. The Morgan fingerprint density at radius 3 is 1.87 bits per heavy atom. The summed E-state index contributed by atoms with van der Waals surface area (Å²) in [5.74, 6) is -3.20. The molecule has 3 aromatic rings. The minimum atomic E-state index is -1.28. The zero-order chi connectivity index (χ0) is 26.8. The van der Waals surface area contributed by atoms with Crippen molar-refractivity contribution >= 4 is 0 Å². The van der Waals surface area contributed by atoms with Gasteiger partial charge in [0.05, 0.1) is 13.2 Å². The van der Waals surface area contributed by atoms with Gasteiger partial charge in [-0.1, -0.05) is 29.8 Å². The molecule has 2 aliphatic carbocycles. The standard InChI is InChI=1S/C32H34F4O2/c1-3-37-27-14-12-25(29(33)31(27)35)26-13-15-28(32(36)30(26)34)38-18-20-6-9-24-17-23(11-10-22(24)16-20)21-7-4-19(2)5-8-21/h4-5,7-8,12-15,20,22-24H,3,6,9-11,16-18H2,1-2H3. The average molecular weight is 527 g/mol. The highest BCUT2D eigenvalue weighted by Gasteiger charge is 2.36. The van der Waals surface area contributed by atoms with Gasteiger partial charge in [0, 0.05) is 11.1 Å². The lowest BCUT2D eigenvalue weighted by molar-refractivity contribution is 0.0902. The Hall–Kier alpha value is -3.02. The molecule has 4 unspecified atom stereocenters. The summed E-state index contributed by atoms with van der Waals surface area (Å²) >= 11 is 0. The first-order valence-corrected chi connectivity index (χ1v) is 13.6.